The maximum absolute atomic E-state index is 14.4. The summed E-state index contributed by atoms with van der Waals surface area (Å²) in [5.74, 6) is -1.95. The Labute approximate surface area is 174 Å². The molecule has 2 aliphatic rings. The molecule has 0 saturated carbocycles. The Morgan fingerprint density at radius 3 is 2.42 bits per heavy atom. The number of nitrogens with one attached hydrogen (secondary N) is 1. The maximum atomic E-state index is 14.4. The van der Waals surface area contributed by atoms with Gasteiger partial charge in [0.1, 0.15) is 17.8 Å². The van der Waals surface area contributed by atoms with Crippen molar-refractivity contribution < 1.29 is 26.7 Å². The normalized spacial score (nSPS) is 18.6. The summed E-state index contributed by atoms with van der Waals surface area (Å²) < 4.78 is 66.1. The highest BCUT2D eigenvalue weighted by Crippen LogP contribution is 2.32. The van der Waals surface area contributed by atoms with E-state index in [-0.39, 0.29) is 5.56 Å². The summed E-state index contributed by atoms with van der Waals surface area (Å²) in [6.45, 7) is 1.79. The minimum Gasteiger partial charge on any atom is -0.360 e. The van der Waals surface area contributed by atoms with Crippen LogP contribution < -0.4 is 5.32 Å². The summed E-state index contributed by atoms with van der Waals surface area (Å²) in [6.07, 6.45) is -2.02. The van der Waals surface area contributed by atoms with E-state index in [1.54, 1.807) is 13.0 Å². The van der Waals surface area contributed by atoms with Crippen LogP contribution in [0, 0.1) is 11.6 Å². The number of hydrogen-bond acceptors (Lipinski definition) is 3. The van der Waals surface area contributed by atoms with E-state index in [9.17, 15) is 26.7 Å². The molecule has 2 heterocycles. The largest absolute Gasteiger partial charge is 0.416 e. The lowest BCUT2D eigenvalue weighted by Gasteiger charge is -2.35. The third-order valence-electron chi connectivity index (χ3n) is 5.00. The molecule has 0 radical (unpaired) electrons. The zero-order valence-corrected chi connectivity index (χ0v) is 16.2. The molecule has 2 aromatic rings. The van der Waals surface area contributed by atoms with Crippen LogP contribution in [0.4, 0.5) is 22.0 Å². The van der Waals surface area contributed by atoms with Crippen molar-refractivity contribution in [2.24, 2.45) is 5.10 Å². The van der Waals surface area contributed by atoms with Gasteiger partial charge in [0.05, 0.1) is 11.3 Å². The van der Waals surface area contributed by atoms with Gasteiger partial charge in [0.25, 0.3) is 5.91 Å². The van der Waals surface area contributed by atoms with Crippen LogP contribution in [0.2, 0.25) is 0 Å². The number of halogens is 5. The highest BCUT2D eigenvalue weighted by molar-refractivity contribution is 6.25. The fourth-order valence-electron chi connectivity index (χ4n) is 3.47. The topological polar surface area (TPSA) is 44.7 Å². The molecular formula is C22H16F5N3O. The van der Waals surface area contributed by atoms with Crippen LogP contribution in [0.5, 0.6) is 0 Å². The van der Waals surface area contributed by atoms with E-state index in [0.717, 1.165) is 24.3 Å². The quantitative estimate of drug-likeness (QED) is 0.697. The van der Waals surface area contributed by atoms with Crippen LogP contribution in [0.3, 0.4) is 0 Å². The summed E-state index contributed by atoms with van der Waals surface area (Å²) in [5, 5.41) is 8.53. The summed E-state index contributed by atoms with van der Waals surface area (Å²) in [6, 6.07) is 7.58. The molecule has 4 rings (SSSR count). The molecular weight excluding hydrogens is 417 g/mol. The van der Waals surface area contributed by atoms with Gasteiger partial charge in [-0.05, 0) is 42.3 Å². The summed E-state index contributed by atoms with van der Waals surface area (Å²) in [5.41, 5.74) is 0.893. The van der Waals surface area contributed by atoms with Gasteiger partial charge in [-0.15, -0.1) is 0 Å². The zero-order chi connectivity index (χ0) is 22.3. The molecule has 0 saturated heterocycles. The van der Waals surface area contributed by atoms with E-state index >= 15 is 0 Å². The lowest BCUT2D eigenvalue weighted by Crippen LogP contribution is -2.49. The lowest BCUT2D eigenvalue weighted by atomic mass is 9.96. The van der Waals surface area contributed by atoms with Crippen molar-refractivity contribution in [3.8, 4) is 0 Å². The van der Waals surface area contributed by atoms with Gasteiger partial charge in [0.2, 0.25) is 0 Å². The third kappa shape index (κ3) is 3.95. The SMILES string of the molecule is CCC1=NN2C(=O)C=C(c3ccc(C(F)(F)F)cc3)NC2C=C1c1ccc(F)cc1F. The van der Waals surface area contributed by atoms with Gasteiger partial charge < -0.3 is 5.32 Å². The number of carbonyl (C=O) groups is 1. The van der Waals surface area contributed by atoms with E-state index < -0.39 is 35.4 Å². The summed E-state index contributed by atoms with van der Waals surface area (Å²) in [7, 11) is 0. The number of amides is 1. The Morgan fingerprint density at radius 2 is 1.81 bits per heavy atom. The van der Waals surface area contributed by atoms with Gasteiger partial charge in [-0.3, -0.25) is 4.79 Å². The number of nitrogens with zero attached hydrogens (tertiary/aromatic N) is 2. The smallest absolute Gasteiger partial charge is 0.360 e. The summed E-state index contributed by atoms with van der Waals surface area (Å²) in [4.78, 5) is 12.6. The zero-order valence-electron chi connectivity index (χ0n) is 16.2. The standard InChI is InChI=1S/C22H16F5N3O/c1-2-18-16(15-8-7-14(23)9-17(15)24)10-20-28-19(11-21(31)30(20)29-18)12-3-5-13(6-4-12)22(25,26)27/h3-11,20,28H,2H2,1H3. The first-order chi connectivity index (χ1) is 14.7. The van der Waals surface area contributed by atoms with Crippen molar-refractivity contribution in [2.45, 2.75) is 25.7 Å². The minimum absolute atomic E-state index is 0.140. The van der Waals surface area contributed by atoms with Gasteiger partial charge in [0.15, 0.2) is 0 Å². The second kappa shape index (κ2) is 7.64. The van der Waals surface area contributed by atoms with E-state index in [0.29, 0.717) is 29.0 Å². The predicted molar refractivity (Wildman–Crippen MR) is 105 cm³/mol. The van der Waals surface area contributed by atoms with Gasteiger partial charge in [-0.2, -0.15) is 18.3 Å². The molecule has 0 bridgehead atoms. The van der Waals surface area contributed by atoms with Gasteiger partial charge in [0, 0.05) is 29.0 Å². The highest BCUT2D eigenvalue weighted by atomic mass is 19.4. The number of allylic oxidation sites excluding steroid dienone is 1. The fourth-order valence-corrected chi connectivity index (χ4v) is 3.47. The average Bonchev–Trinajstić information content (AvgIpc) is 2.72. The average molecular weight is 433 g/mol. The molecule has 0 aromatic heterocycles. The Hall–Kier alpha value is -3.49. The first kappa shape index (κ1) is 20.8. The minimum atomic E-state index is -4.47. The van der Waals surface area contributed by atoms with Gasteiger partial charge in [-0.25, -0.2) is 13.8 Å². The molecule has 31 heavy (non-hydrogen) atoms. The van der Waals surface area contributed by atoms with Crippen LogP contribution in [-0.2, 0) is 11.0 Å². The van der Waals surface area contributed by atoms with Crippen LogP contribution in [-0.4, -0.2) is 22.8 Å². The van der Waals surface area contributed by atoms with Crippen LogP contribution in [0.15, 0.2) is 59.7 Å². The van der Waals surface area contributed by atoms with Crippen molar-refractivity contribution >= 4 is 22.9 Å². The number of hydrazone groups is 1. The van der Waals surface area contributed by atoms with Gasteiger partial charge in [-0.1, -0.05) is 19.1 Å². The third-order valence-corrected chi connectivity index (χ3v) is 5.00. The molecule has 2 aromatic carbocycles. The van der Waals surface area contributed by atoms with E-state index in [1.807, 2.05) is 0 Å². The number of hydrogen-bond donors (Lipinski definition) is 1. The van der Waals surface area contributed by atoms with Crippen LogP contribution >= 0.6 is 0 Å². The second-order valence-corrected chi connectivity index (χ2v) is 7.01. The van der Waals surface area contributed by atoms with E-state index in [1.165, 1.54) is 29.3 Å². The van der Waals surface area contributed by atoms with Crippen molar-refractivity contribution in [3.05, 3.63) is 82.9 Å². The highest BCUT2D eigenvalue weighted by Gasteiger charge is 2.33. The molecule has 1 N–H and O–H groups in total. The number of carbonyl (C=O) groups excluding carboxylic acids is 1. The van der Waals surface area contributed by atoms with Crippen molar-refractivity contribution in [3.63, 3.8) is 0 Å². The Bertz CT molecular complexity index is 1130. The molecule has 1 amide bonds. The van der Waals surface area contributed by atoms with Gasteiger partial charge >= 0.3 is 6.18 Å². The van der Waals surface area contributed by atoms with E-state index in [2.05, 4.69) is 10.4 Å². The molecule has 1 unspecified atom stereocenters. The fraction of sp³-hybridized carbons (Fsp3) is 0.182. The molecule has 1 atom stereocenters. The molecule has 0 fully saturated rings. The Kier molecular flexibility index (Phi) is 5.12. The number of benzene rings is 2. The van der Waals surface area contributed by atoms with Crippen molar-refractivity contribution in [1.82, 2.24) is 10.3 Å². The molecule has 0 aliphatic carbocycles. The van der Waals surface area contributed by atoms with Crippen molar-refractivity contribution in [1.29, 1.82) is 0 Å². The monoisotopic (exact) mass is 433 g/mol. The summed E-state index contributed by atoms with van der Waals surface area (Å²) >= 11 is 0. The molecule has 2 aliphatic heterocycles. The lowest BCUT2D eigenvalue weighted by molar-refractivity contribution is -0.137. The first-order valence-corrected chi connectivity index (χ1v) is 9.41. The van der Waals surface area contributed by atoms with E-state index in [4.69, 9.17) is 0 Å². The first-order valence-electron chi connectivity index (χ1n) is 9.41. The second-order valence-electron chi connectivity index (χ2n) is 7.01. The molecule has 0 spiro atoms. The van der Waals surface area contributed by atoms with Crippen molar-refractivity contribution in [2.75, 3.05) is 0 Å². The Balaban J connectivity index is 1.69. The molecule has 9 heteroatoms. The van der Waals surface area contributed by atoms with Crippen LogP contribution in [0.1, 0.15) is 30.0 Å². The molecule has 4 nitrogen and oxygen atoms in total. The predicted octanol–water partition coefficient (Wildman–Crippen LogP) is 4.95. The number of rotatable bonds is 3. The Morgan fingerprint density at radius 1 is 1.10 bits per heavy atom. The number of fused-ring (bicyclic) bond motifs is 1. The maximum Gasteiger partial charge on any atom is 0.416 e. The number of alkyl halides is 3. The molecule has 160 valence electrons. The van der Waals surface area contributed by atoms with Crippen LogP contribution in [0.25, 0.3) is 11.3 Å².